The summed E-state index contributed by atoms with van der Waals surface area (Å²) in [6.07, 6.45) is 0. The molecular formula is C33H24BrNU. The summed E-state index contributed by atoms with van der Waals surface area (Å²) in [6.45, 7) is 4.64. The number of hydrogen-bond donors (Lipinski definition) is 0. The number of fused-ring (bicyclic) bond motifs is 3. The van der Waals surface area contributed by atoms with Crippen molar-refractivity contribution >= 4 is 33.0 Å². The van der Waals surface area contributed by atoms with E-state index in [-0.39, 0.29) is 36.5 Å². The second kappa shape index (κ2) is 10.1. The molecule has 0 bridgehead atoms. The number of anilines is 3. The van der Waals surface area contributed by atoms with Crippen LogP contribution in [0.15, 0.2) is 114 Å². The molecule has 0 heterocycles. The predicted octanol–water partition coefficient (Wildman–Crippen LogP) is 9.49. The number of hydrogen-bond acceptors (Lipinski definition) is 1. The Kier molecular flexibility index (Phi) is 7.01. The molecule has 36 heavy (non-hydrogen) atoms. The summed E-state index contributed by atoms with van der Waals surface area (Å²) in [6, 6.07) is 45.3. The van der Waals surface area contributed by atoms with Crippen LogP contribution in [-0.4, -0.2) is 0 Å². The van der Waals surface area contributed by atoms with E-state index in [0.29, 0.717) is 0 Å². The zero-order valence-corrected chi connectivity index (χ0v) is 26.0. The standard InChI is InChI=1S/C33H24BrN.U/c1-33(2)31-17-7-6-16-29(31)30-22-28(18-19-32(30)33)35(26-13-4-3-5-14-26)27-15-9-11-24(21-27)23-10-8-12-25(34)20-23;/h3-9,12-22H,1-2H3;/q-2;+2. The van der Waals surface area contributed by atoms with Crippen molar-refractivity contribution in [3.8, 4) is 22.3 Å². The van der Waals surface area contributed by atoms with Crippen LogP contribution >= 0.6 is 15.9 Å². The van der Waals surface area contributed by atoms with E-state index in [1.807, 2.05) is 18.2 Å². The molecule has 0 saturated heterocycles. The third kappa shape index (κ3) is 4.39. The molecule has 1 nitrogen and oxygen atoms in total. The van der Waals surface area contributed by atoms with Gasteiger partial charge >= 0.3 is 31.1 Å². The Bertz CT molecular complexity index is 1540. The smallest absolute Gasteiger partial charge is 0.329 e. The van der Waals surface area contributed by atoms with Crippen LogP contribution in [0.5, 0.6) is 0 Å². The zero-order valence-electron chi connectivity index (χ0n) is 20.2. The van der Waals surface area contributed by atoms with Gasteiger partial charge in [0.05, 0.1) is 0 Å². The Morgan fingerprint density at radius 1 is 0.611 bits per heavy atom. The van der Waals surface area contributed by atoms with Crippen LogP contribution in [0.4, 0.5) is 17.1 Å². The van der Waals surface area contributed by atoms with Gasteiger partial charge in [-0.2, -0.15) is 36.4 Å². The van der Waals surface area contributed by atoms with Gasteiger partial charge in [-0.25, -0.2) is 11.1 Å². The summed E-state index contributed by atoms with van der Waals surface area (Å²) >= 11 is 3.59. The average Bonchev–Trinajstić information content (AvgIpc) is 3.12. The zero-order chi connectivity index (χ0) is 24.0. The van der Waals surface area contributed by atoms with Crippen LogP contribution in [0.25, 0.3) is 22.3 Å². The van der Waals surface area contributed by atoms with Crippen LogP contribution in [-0.2, 0) is 5.41 Å². The molecule has 1 aliphatic carbocycles. The first kappa shape index (κ1) is 25.1. The first-order valence-electron chi connectivity index (χ1n) is 11.8. The average molecular weight is 752 g/mol. The van der Waals surface area contributed by atoms with E-state index in [4.69, 9.17) is 0 Å². The van der Waals surface area contributed by atoms with Crippen LogP contribution in [0.2, 0.25) is 0 Å². The molecule has 0 atom stereocenters. The van der Waals surface area contributed by atoms with Crippen LogP contribution in [0.1, 0.15) is 25.0 Å². The Balaban J connectivity index is 0.00000267. The summed E-state index contributed by atoms with van der Waals surface area (Å²) in [5.74, 6) is 0. The quantitative estimate of drug-likeness (QED) is 0.166. The molecule has 0 fully saturated rings. The van der Waals surface area contributed by atoms with E-state index < -0.39 is 0 Å². The monoisotopic (exact) mass is 751 g/mol. The van der Waals surface area contributed by atoms with Crippen molar-refractivity contribution < 1.29 is 31.1 Å². The van der Waals surface area contributed by atoms with Gasteiger partial charge in [0.25, 0.3) is 0 Å². The molecule has 172 valence electrons. The molecule has 5 aromatic carbocycles. The largest absolute Gasteiger partial charge is 2.00 e. The summed E-state index contributed by atoms with van der Waals surface area (Å²) in [7, 11) is 0. The predicted molar refractivity (Wildman–Crippen MR) is 149 cm³/mol. The van der Waals surface area contributed by atoms with Gasteiger partial charge in [0, 0.05) is 16.8 Å². The van der Waals surface area contributed by atoms with Gasteiger partial charge in [-0.1, -0.05) is 82.8 Å². The number of para-hydroxylation sites is 1. The summed E-state index contributed by atoms with van der Waals surface area (Å²) < 4.78 is 1.03. The molecule has 0 N–H and O–H groups in total. The minimum Gasteiger partial charge on any atom is -0.329 e. The van der Waals surface area contributed by atoms with E-state index in [1.54, 1.807) is 0 Å². The van der Waals surface area contributed by atoms with Gasteiger partial charge in [-0.15, -0.1) is 12.1 Å². The van der Waals surface area contributed by atoms with E-state index in [2.05, 4.69) is 138 Å². The third-order valence-corrected chi connectivity index (χ3v) is 7.43. The Labute approximate surface area is 245 Å². The second-order valence-corrected chi connectivity index (χ2v) is 10.4. The van der Waals surface area contributed by atoms with Crippen molar-refractivity contribution in [2.24, 2.45) is 0 Å². The first-order valence-corrected chi connectivity index (χ1v) is 12.6. The van der Waals surface area contributed by atoms with Crippen molar-refractivity contribution in [1.29, 1.82) is 0 Å². The van der Waals surface area contributed by atoms with Crippen molar-refractivity contribution in [2.75, 3.05) is 4.90 Å². The number of halogens is 1. The van der Waals surface area contributed by atoms with E-state index in [1.165, 1.54) is 22.3 Å². The molecule has 3 heteroatoms. The maximum absolute atomic E-state index is 3.59. The molecule has 0 spiro atoms. The third-order valence-electron chi connectivity index (χ3n) is 6.94. The van der Waals surface area contributed by atoms with E-state index >= 15 is 0 Å². The van der Waals surface area contributed by atoms with Gasteiger partial charge < -0.3 is 4.90 Å². The summed E-state index contributed by atoms with van der Waals surface area (Å²) in [5.41, 5.74) is 10.8. The first-order chi connectivity index (χ1) is 17.0. The molecule has 6 rings (SSSR count). The molecule has 0 aliphatic heterocycles. The second-order valence-electron chi connectivity index (χ2n) is 9.45. The van der Waals surface area contributed by atoms with Crippen molar-refractivity contribution in [3.05, 3.63) is 137 Å². The molecule has 5 aromatic rings. The number of benzene rings is 5. The maximum Gasteiger partial charge on any atom is 2.00 e. The summed E-state index contributed by atoms with van der Waals surface area (Å²) in [4.78, 5) is 2.32. The molecule has 0 amide bonds. The van der Waals surface area contributed by atoms with Crippen LogP contribution in [0, 0.1) is 43.2 Å². The fraction of sp³-hybridized carbons (Fsp3) is 0.0909. The van der Waals surface area contributed by atoms with Crippen LogP contribution in [0.3, 0.4) is 0 Å². The van der Waals surface area contributed by atoms with Gasteiger partial charge in [0.1, 0.15) is 0 Å². The normalized spacial score (nSPS) is 12.9. The van der Waals surface area contributed by atoms with Gasteiger partial charge in [0.2, 0.25) is 0 Å². The summed E-state index contributed by atoms with van der Waals surface area (Å²) in [5, 5.41) is 0. The minimum atomic E-state index is -0.00651. The van der Waals surface area contributed by atoms with Gasteiger partial charge in [-0.3, -0.25) is 0 Å². The fourth-order valence-corrected chi connectivity index (χ4v) is 5.58. The number of nitrogens with zero attached hydrogens (tertiary/aromatic N) is 1. The maximum atomic E-state index is 3.59. The van der Waals surface area contributed by atoms with Gasteiger partial charge in [-0.05, 0) is 52.2 Å². The van der Waals surface area contributed by atoms with Crippen molar-refractivity contribution in [2.45, 2.75) is 19.3 Å². The number of rotatable bonds is 4. The fourth-order valence-electron chi connectivity index (χ4n) is 5.21. The molecule has 0 unspecified atom stereocenters. The van der Waals surface area contributed by atoms with Gasteiger partial charge in [0.15, 0.2) is 0 Å². The topological polar surface area (TPSA) is 3.24 Å². The molecule has 0 aromatic heterocycles. The van der Waals surface area contributed by atoms with E-state index in [0.717, 1.165) is 32.7 Å². The Morgan fingerprint density at radius 2 is 1.25 bits per heavy atom. The van der Waals surface area contributed by atoms with Crippen molar-refractivity contribution in [1.82, 2.24) is 0 Å². The van der Waals surface area contributed by atoms with E-state index in [9.17, 15) is 0 Å². The molecule has 0 saturated carbocycles. The SMILES string of the molecule is CC1(C)c2ccccc2-c2cc(N(c3ccccc3)c3cc[c-]c(-c4[c-]ccc(Br)c4)c3)ccc21.[U+2]. The molecular weight excluding hydrogens is 728 g/mol. The molecule has 0 radical (unpaired) electrons. The minimum absolute atomic E-state index is 0. The Hall–Kier alpha value is -2.57. The van der Waals surface area contributed by atoms with Crippen molar-refractivity contribution in [3.63, 3.8) is 0 Å². The Morgan fingerprint density at radius 3 is 2.03 bits per heavy atom. The molecule has 1 aliphatic rings. The van der Waals surface area contributed by atoms with Crippen LogP contribution < -0.4 is 4.90 Å².